The number of likely N-dealkylation sites (N-methyl/N-ethyl adjacent to an activating group) is 1. The molecule has 3 heterocycles. The second-order valence-corrected chi connectivity index (χ2v) is 9.77. The number of hydrogen-bond acceptors (Lipinski definition) is 5. The van der Waals surface area contributed by atoms with Crippen LogP contribution in [0.3, 0.4) is 0 Å². The van der Waals surface area contributed by atoms with Crippen LogP contribution >= 0.6 is 0 Å². The number of hydrogen-bond donors (Lipinski definition) is 1. The summed E-state index contributed by atoms with van der Waals surface area (Å²) in [5, 5.41) is 9.71. The number of rotatable bonds is 12. The summed E-state index contributed by atoms with van der Waals surface area (Å²) < 4.78 is 6.58. The molecule has 33 heavy (non-hydrogen) atoms. The Morgan fingerprint density at radius 1 is 1.21 bits per heavy atom. The minimum absolute atomic E-state index is 0.0356. The van der Waals surface area contributed by atoms with Gasteiger partial charge in [0, 0.05) is 33.2 Å². The highest BCUT2D eigenvalue weighted by Gasteiger charge is 2.78. The molecule has 8 heteroatoms. The molecule has 2 unspecified atom stereocenters. The predicted octanol–water partition coefficient (Wildman–Crippen LogP) is 1.59. The normalized spacial score (nSPS) is 32.1. The monoisotopic (exact) mass is 461 g/mol. The molecule has 3 rings (SSSR count). The van der Waals surface area contributed by atoms with Crippen LogP contribution in [-0.4, -0.2) is 94.6 Å². The van der Waals surface area contributed by atoms with Gasteiger partial charge < -0.3 is 24.5 Å². The van der Waals surface area contributed by atoms with Gasteiger partial charge in [-0.2, -0.15) is 0 Å². The zero-order chi connectivity index (χ0) is 24.4. The smallest absolute Gasteiger partial charge is 0.248 e. The Kier molecular flexibility index (Phi) is 7.69. The van der Waals surface area contributed by atoms with Gasteiger partial charge in [-0.05, 0) is 26.2 Å². The standard InChI is InChI=1S/C25H39N3O5/c1-6-9-10-15-27(14-8-3)23(32)20-25-12-11-24(4,33-25)18(21(30)26(5)13-7-2)19(25)22(31)28(20)16-17-29/h7-8,18-20,29H,2-3,6,9-17H2,1,4-5H3/t18-,19-,20?,24+,25?/m0/s1. The average molecular weight is 462 g/mol. The number of likely N-dealkylation sites (tertiary alicyclic amines) is 1. The van der Waals surface area contributed by atoms with Gasteiger partial charge in [-0.3, -0.25) is 14.4 Å². The van der Waals surface area contributed by atoms with E-state index in [-0.39, 0.29) is 30.9 Å². The predicted molar refractivity (Wildman–Crippen MR) is 125 cm³/mol. The van der Waals surface area contributed by atoms with E-state index < -0.39 is 29.1 Å². The Morgan fingerprint density at radius 2 is 1.91 bits per heavy atom. The van der Waals surface area contributed by atoms with E-state index in [9.17, 15) is 19.5 Å². The van der Waals surface area contributed by atoms with Gasteiger partial charge in [0.05, 0.1) is 24.0 Å². The molecule has 1 spiro atoms. The first-order valence-electron chi connectivity index (χ1n) is 12.1. The quantitative estimate of drug-likeness (QED) is 0.352. The van der Waals surface area contributed by atoms with E-state index in [0.29, 0.717) is 32.5 Å². The van der Waals surface area contributed by atoms with Crippen molar-refractivity contribution in [3.05, 3.63) is 25.3 Å². The van der Waals surface area contributed by atoms with Crippen LogP contribution in [0.4, 0.5) is 0 Å². The van der Waals surface area contributed by atoms with E-state index in [4.69, 9.17) is 4.74 Å². The average Bonchev–Trinajstić information content (AvgIpc) is 3.34. The van der Waals surface area contributed by atoms with Crippen molar-refractivity contribution >= 4 is 17.7 Å². The molecule has 3 aliphatic rings. The van der Waals surface area contributed by atoms with Crippen molar-refractivity contribution in [1.29, 1.82) is 0 Å². The number of unbranched alkanes of at least 4 members (excludes halogenated alkanes) is 2. The topological polar surface area (TPSA) is 90.4 Å². The number of aliphatic hydroxyl groups is 1. The number of aliphatic hydroxyl groups excluding tert-OH is 1. The summed E-state index contributed by atoms with van der Waals surface area (Å²) >= 11 is 0. The Morgan fingerprint density at radius 3 is 2.52 bits per heavy atom. The van der Waals surface area contributed by atoms with Gasteiger partial charge in [-0.25, -0.2) is 0 Å². The Balaban J connectivity index is 2.00. The van der Waals surface area contributed by atoms with E-state index >= 15 is 0 Å². The molecule has 0 radical (unpaired) electrons. The molecule has 0 aromatic carbocycles. The summed E-state index contributed by atoms with van der Waals surface area (Å²) in [4.78, 5) is 45.8. The molecular formula is C25H39N3O5. The number of carbonyl (C=O) groups excluding carboxylic acids is 3. The fourth-order valence-corrected chi connectivity index (χ4v) is 6.12. The van der Waals surface area contributed by atoms with Crippen LogP contribution in [0.2, 0.25) is 0 Å². The SMILES string of the molecule is C=CCN(C)C(=O)[C@@H]1[C@H]2C(=O)N(CCO)C(C(=O)N(CC=C)CCCCC)C23CC[C@@]1(C)O3. The van der Waals surface area contributed by atoms with Crippen molar-refractivity contribution in [2.45, 2.75) is 63.2 Å². The lowest BCUT2D eigenvalue weighted by atomic mass is 9.66. The number of carbonyl (C=O) groups is 3. The third kappa shape index (κ3) is 4.12. The molecule has 0 aromatic heterocycles. The van der Waals surface area contributed by atoms with Gasteiger partial charge in [0.1, 0.15) is 11.6 Å². The molecule has 2 bridgehead atoms. The van der Waals surface area contributed by atoms with Crippen LogP contribution < -0.4 is 0 Å². The first kappa shape index (κ1) is 25.4. The number of ether oxygens (including phenoxy) is 1. The second-order valence-electron chi connectivity index (χ2n) is 9.77. The highest BCUT2D eigenvalue weighted by molar-refractivity contribution is 5.99. The first-order chi connectivity index (χ1) is 15.7. The highest BCUT2D eigenvalue weighted by Crippen LogP contribution is 2.63. The third-order valence-corrected chi connectivity index (χ3v) is 7.59. The summed E-state index contributed by atoms with van der Waals surface area (Å²) in [6.45, 7) is 12.6. The van der Waals surface area contributed by atoms with Crippen molar-refractivity contribution in [1.82, 2.24) is 14.7 Å². The zero-order valence-electron chi connectivity index (χ0n) is 20.3. The van der Waals surface area contributed by atoms with Gasteiger partial charge in [0.25, 0.3) is 0 Å². The summed E-state index contributed by atoms with van der Waals surface area (Å²) in [6, 6.07) is -0.854. The van der Waals surface area contributed by atoms with E-state index in [1.165, 1.54) is 4.90 Å². The first-order valence-corrected chi connectivity index (χ1v) is 12.1. The van der Waals surface area contributed by atoms with Gasteiger partial charge in [-0.1, -0.05) is 31.9 Å². The van der Waals surface area contributed by atoms with Crippen molar-refractivity contribution in [3.8, 4) is 0 Å². The molecular weight excluding hydrogens is 422 g/mol. The van der Waals surface area contributed by atoms with Gasteiger partial charge >= 0.3 is 0 Å². The third-order valence-electron chi connectivity index (χ3n) is 7.59. The molecule has 0 aromatic rings. The minimum atomic E-state index is -1.06. The number of β-amino-alcohol motifs (C(OH)–C–C–N with tert-alkyl or cyclic N) is 1. The largest absolute Gasteiger partial charge is 0.395 e. The Hall–Kier alpha value is -2.19. The van der Waals surface area contributed by atoms with Crippen LogP contribution in [0.1, 0.15) is 46.0 Å². The molecule has 0 aliphatic carbocycles. The fourth-order valence-electron chi connectivity index (χ4n) is 6.12. The van der Waals surface area contributed by atoms with Gasteiger partial charge in [0.2, 0.25) is 17.7 Å². The molecule has 184 valence electrons. The molecule has 3 aliphatic heterocycles. The van der Waals surface area contributed by atoms with Crippen LogP contribution in [0, 0.1) is 11.8 Å². The van der Waals surface area contributed by atoms with E-state index in [1.807, 2.05) is 6.92 Å². The maximum Gasteiger partial charge on any atom is 0.248 e. The zero-order valence-corrected chi connectivity index (χ0v) is 20.3. The van der Waals surface area contributed by atoms with E-state index in [1.54, 1.807) is 29.0 Å². The Labute approximate surface area is 197 Å². The van der Waals surface area contributed by atoms with E-state index in [2.05, 4.69) is 20.1 Å². The molecule has 5 atom stereocenters. The Bertz CT molecular complexity index is 801. The van der Waals surface area contributed by atoms with Crippen LogP contribution in [0.25, 0.3) is 0 Å². The maximum atomic E-state index is 13.9. The van der Waals surface area contributed by atoms with Gasteiger partial charge in [0.15, 0.2) is 0 Å². The lowest BCUT2D eigenvalue weighted by Gasteiger charge is -2.36. The number of nitrogens with zero attached hydrogens (tertiary/aromatic N) is 3. The minimum Gasteiger partial charge on any atom is -0.395 e. The van der Waals surface area contributed by atoms with Crippen molar-refractivity contribution < 1.29 is 24.2 Å². The van der Waals surface area contributed by atoms with Crippen LogP contribution in [0.15, 0.2) is 25.3 Å². The molecule has 8 nitrogen and oxygen atoms in total. The second kappa shape index (κ2) is 9.97. The summed E-state index contributed by atoms with van der Waals surface area (Å²) in [5.41, 5.74) is -1.86. The van der Waals surface area contributed by atoms with Gasteiger partial charge in [-0.15, -0.1) is 13.2 Å². The molecule has 3 saturated heterocycles. The number of fused-ring (bicyclic) bond motifs is 1. The van der Waals surface area contributed by atoms with Crippen LogP contribution in [-0.2, 0) is 19.1 Å². The summed E-state index contributed by atoms with van der Waals surface area (Å²) in [7, 11) is 1.69. The molecule has 1 N–H and O–H groups in total. The molecule has 0 saturated carbocycles. The van der Waals surface area contributed by atoms with Crippen molar-refractivity contribution in [2.24, 2.45) is 11.8 Å². The number of amides is 3. The molecule has 3 amide bonds. The summed E-state index contributed by atoms with van der Waals surface area (Å²) in [6.07, 6.45) is 7.36. The molecule has 3 fully saturated rings. The fraction of sp³-hybridized carbons (Fsp3) is 0.720. The lowest BCUT2D eigenvalue weighted by Crippen LogP contribution is -2.56. The van der Waals surface area contributed by atoms with E-state index in [0.717, 1.165) is 19.3 Å². The highest BCUT2D eigenvalue weighted by atomic mass is 16.5. The van der Waals surface area contributed by atoms with Crippen molar-refractivity contribution in [2.75, 3.05) is 39.8 Å². The maximum absolute atomic E-state index is 13.9. The summed E-state index contributed by atoms with van der Waals surface area (Å²) in [5.74, 6) is -2.04. The van der Waals surface area contributed by atoms with Crippen LogP contribution in [0.5, 0.6) is 0 Å². The lowest BCUT2D eigenvalue weighted by molar-refractivity contribution is -0.153. The van der Waals surface area contributed by atoms with Crippen molar-refractivity contribution in [3.63, 3.8) is 0 Å².